The number of nitrogens with one attached hydrogen (secondary N) is 1. The monoisotopic (exact) mass is 552 g/mol. The van der Waals surface area contributed by atoms with Crippen LogP contribution >= 0.6 is 15.9 Å². The van der Waals surface area contributed by atoms with E-state index in [4.69, 9.17) is 9.47 Å². The second kappa shape index (κ2) is 10.7. The standard InChI is InChI=1S/C27H22BrFN2O5/c1-3-35-23-14-18(13-22(28)24(23)36-15-17-6-4-5-16(2)11-17)12-21-25(32)30-27(34)31(26(21)33)20-9-7-19(29)8-10-20/h4-14H,3,15H2,1-2H3,(H,30,32,34)/b21-12+. The van der Waals surface area contributed by atoms with Crippen molar-refractivity contribution in [3.8, 4) is 11.5 Å². The highest BCUT2D eigenvalue weighted by Crippen LogP contribution is 2.38. The lowest BCUT2D eigenvalue weighted by Crippen LogP contribution is -2.54. The Morgan fingerprint density at radius 3 is 2.47 bits per heavy atom. The minimum atomic E-state index is -0.912. The third-order valence-electron chi connectivity index (χ3n) is 5.29. The molecule has 0 radical (unpaired) electrons. The highest BCUT2D eigenvalue weighted by molar-refractivity contribution is 9.10. The minimum absolute atomic E-state index is 0.133. The molecule has 9 heteroatoms. The largest absolute Gasteiger partial charge is 0.490 e. The zero-order chi connectivity index (χ0) is 25.8. The summed E-state index contributed by atoms with van der Waals surface area (Å²) in [6, 6.07) is 15.2. The van der Waals surface area contributed by atoms with Crippen molar-refractivity contribution >= 4 is 45.5 Å². The van der Waals surface area contributed by atoms with Gasteiger partial charge in [0.15, 0.2) is 11.5 Å². The van der Waals surface area contributed by atoms with Crippen molar-refractivity contribution in [2.24, 2.45) is 0 Å². The van der Waals surface area contributed by atoms with Crippen molar-refractivity contribution in [1.82, 2.24) is 5.32 Å². The van der Waals surface area contributed by atoms with E-state index >= 15 is 0 Å². The Kier molecular flexibility index (Phi) is 7.49. The number of rotatable bonds is 7. The SMILES string of the molecule is CCOc1cc(/C=C2\C(=O)NC(=O)N(c3ccc(F)cc3)C2=O)cc(Br)c1OCc1cccc(C)c1. The average Bonchev–Trinajstić information content (AvgIpc) is 2.82. The maximum atomic E-state index is 13.3. The fourth-order valence-electron chi connectivity index (χ4n) is 3.68. The van der Waals surface area contributed by atoms with Crippen LogP contribution in [-0.4, -0.2) is 24.5 Å². The van der Waals surface area contributed by atoms with Gasteiger partial charge in [0.2, 0.25) is 0 Å². The van der Waals surface area contributed by atoms with E-state index < -0.39 is 23.7 Å². The first-order valence-corrected chi connectivity index (χ1v) is 11.9. The molecule has 0 aliphatic carbocycles. The highest BCUT2D eigenvalue weighted by atomic mass is 79.9. The predicted octanol–water partition coefficient (Wildman–Crippen LogP) is 5.54. The van der Waals surface area contributed by atoms with Crippen LogP contribution in [0.1, 0.15) is 23.6 Å². The third-order valence-corrected chi connectivity index (χ3v) is 5.88. The molecule has 1 N–H and O–H groups in total. The maximum absolute atomic E-state index is 13.3. The summed E-state index contributed by atoms with van der Waals surface area (Å²) in [6.07, 6.45) is 1.36. The van der Waals surface area contributed by atoms with Crippen molar-refractivity contribution in [1.29, 1.82) is 0 Å². The summed E-state index contributed by atoms with van der Waals surface area (Å²) in [5, 5.41) is 2.15. The number of aryl methyl sites for hydroxylation is 1. The lowest BCUT2D eigenvalue weighted by atomic mass is 10.1. The molecule has 0 atom stereocenters. The minimum Gasteiger partial charge on any atom is -0.490 e. The molecule has 4 rings (SSSR count). The summed E-state index contributed by atoms with van der Waals surface area (Å²) in [7, 11) is 0. The number of anilines is 1. The molecule has 1 aliphatic heterocycles. The van der Waals surface area contributed by atoms with Gasteiger partial charge < -0.3 is 9.47 Å². The van der Waals surface area contributed by atoms with E-state index in [0.29, 0.717) is 34.7 Å². The molecular formula is C27H22BrFN2O5. The number of hydrogen-bond acceptors (Lipinski definition) is 5. The van der Waals surface area contributed by atoms with Crippen molar-refractivity contribution < 1.29 is 28.2 Å². The normalized spacial score (nSPS) is 14.7. The number of carbonyl (C=O) groups excluding carboxylic acids is 3. The van der Waals surface area contributed by atoms with Gasteiger partial charge in [-0.25, -0.2) is 14.1 Å². The smallest absolute Gasteiger partial charge is 0.335 e. The molecule has 0 bridgehead atoms. The Balaban J connectivity index is 1.65. The molecule has 1 aliphatic rings. The van der Waals surface area contributed by atoms with Gasteiger partial charge in [-0.3, -0.25) is 14.9 Å². The highest BCUT2D eigenvalue weighted by Gasteiger charge is 2.36. The van der Waals surface area contributed by atoms with E-state index in [2.05, 4.69) is 21.2 Å². The van der Waals surface area contributed by atoms with Gasteiger partial charge >= 0.3 is 6.03 Å². The molecule has 1 saturated heterocycles. The number of imide groups is 2. The van der Waals surface area contributed by atoms with Gasteiger partial charge in [-0.1, -0.05) is 29.8 Å². The Hall–Kier alpha value is -3.98. The Labute approximate surface area is 215 Å². The Morgan fingerprint density at radius 2 is 1.78 bits per heavy atom. The van der Waals surface area contributed by atoms with E-state index in [1.165, 1.54) is 18.2 Å². The number of nitrogens with zero attached hydrogens (tertiary/aromatic N) is 1. The number of ether oxygens (including phenoxy) is 2. The van der Waals surface area contributed by atoms with E-state index in [-0.39, 0.29) is 11.3 Å². The van der Waals surface area contributed by atoms with Gasteiger partial charge in [-0.15, -0.1) is 0 Å². The van der Waals surface area contributed by atoms with Crippen LogP contribution < -0.4 is 19.7 Å². The molecule has 7 nitrogen and oxygen atoms in total. The molecule has 4 amide bonds. The van der Waals surface area contributed by atoms with Crippen LogP contribution in [0.2, 0.25) is 0 Å². The van der Waals surface area contributed by atoms with E-state index in [9.17, 15) is 18.8 Å². The zero-order valence-electron chi connectivity index (χ0n) is 19.5. The molecule has 184 valence electrons. The lowest BCUT2D eigenvalue weighted by Gasteiger charge is -2.26. The second-order valence-corrected chi connectivity index (χ2v) is 8.83. The number of urea groups is 1. The molecule has 1 fully saturated rings. The molecule has 1 heterocycles. The predicted molar refractivity (Wildman–Crippen MR) is 136 cm³/mol. The summed E-state index contributed by atoms with van der Waals surface area (Å²) >= 11 is 3.50. The summed E-state index contributed by atoms with van der Waals surface area (Å²) in [5.41, 5.74) is 2.45. The lowest BCUT2D eigenvalue weighted by molar-refractivity contribution is -0.122. The van der Waals surface area contributed by atoms with Gasteiger partial charge in [0.05, 0.1) is 16.8 Å². The fraction of sp³-hybridized carbons (Fsp3) is 0.148. The van der Waals surface area contributed by atoms with Crippen molar-refractivity contribution in [3.63, 3.8) is 0 Å². The average molecular weight is 553 g/mol. The summed E-state index contributed by atoms with van der Waals surface area (Å²) < 4.78 is 25.7. The molecule has 3 aromatic carbocycles. The van der Waals surface area contributed by atoms with Crippen molar-refractivity contribution in [2.45, 2.75) is 20.5 Å². The van der Waals surface area contributed by atoms with Crippen LogP contribution in [0.5, 0.6) is 11.5 Å². The van der Waals surface area contributed by atoms with Gasteiger partial charge in [0.25, 0.3) is 11.8 Å². The first-order valence-electron chi connectivity index (χ1n) is 11.1. The van der Waals surface area contributed by atoms with Crippen LogP contribution in [0.25, 0.3) is 6.08 Å². The topological polar surface area (TPSA) is 84.9 Å². The number of amides is 4. The van der Waals surface area contributed by atoms with Crippen LogP contribution in [0, 0.1) is 12.7 Å². The number of carbonyl (C=O) groups is 3. The molecule has 3 aromatic rings. The summed E-state index contributed by atoms with van der Waals surface area (Å²) in [6.45, 7) is 4.50. The molecular weight excluding hydrogens is 531 g/mol. The van der Waals surface area contributed by atoms with Crippen molar-refractivity contribution in [3.05, 3.63) is 93.2 Å². The van der Waals surface area contributed by atoms with Crippen LogP contribution in [0.4, 0.5) is 14.9 Å². The van der Waals surface area contributed by atoms with Crippen LogP contribution in [-0.2, 0) is 16.2 Å². The number of barbiturate groups is 1. The van der Waals surface area contributed by atoms with E-state index in [1.807, 2.05) is 38.1 Å². The fourth-order valence-corrected chi connectivity index (χ4v) is 4.25. The molecule has 0 spiro atoms. The summed E-state index contributed by atoms with van der Waals surface area (Å²) in [4.78, 5) is 38.8. The van der Waals surface area contributed by atoms with E-state index in [0.717, 1.165) is 28.2 Å². The second-order valence-electron chi connectivity index (χ2n) is 7.97. The summed E-state index contributed by atoms with van der Waals surface area (Å²) in [5.74, 6) is -1.29. The molecule has 0 aromatic heterocycles. The van der Waals surface area contributed by atoms with Gasteiger partial charge in [0, 0.05) is 0 Å². The van der Waals surface area contributed by atoms with Crippen molar-refractivity contribution in [2.75, 3.05) is 11.5 Å². The van der Waals surface area contributed by atoms with Crippen LogP contribution in [0.15, 0.2) is 70.7 Å². The first-order chi connectivity index (χ1) is 17.3. The Morgan fingerprint density at radius 1 is 1.03 bits per heavy atom. The van der Waals surface area contributed by atoms with Crippen LogP contribution in [0.3, 0.4) is 0 Å². The molecule has 0 unspecified atom stereocenters. The van der Waals surface area contributed by atoms with E-state index in [1.54, 1.807) is 12.1 Å². The number of halogens is 2. The maximum Gasteiger partial charge on any atom is 0.335 e. The molecule has 36 heavy (non-hydrogen) atoms. The third kappa shape index (κ3) is 5.46. The first kappa shape index (κ1) is 25.1. The zero-order valence-corrected chi connectivity index (χ0v) is 21.1. The van der Waals surface area contributed by atoms with Gasteiger partial charge in [0.1, 0.15) is 18.0 Å². The van der Waals surface area contributed by atoms with Gasteiger partial charge in [-0.05, 0) is 83.4 Å². The Bertz CT molecular complexity index is 1370. The number of hydrogen-bond donors (Lipinski definition) is 1. The molecule has 0 saturated carbocycles. The quantitative estimate of drug-likeness (QED) is 0.307. The number of benzene rings is 3. The van der Waals surface area contributed by atoms with Gasteiger partial charge in [-0.2, -0.15) is 0 Å².